The van der Waals surface area contributed by atoms with Crippen LogP contribution >= 0.6 is 11.3 Å². The van der Waals surface area contributed by atoms with Gasteiger partial charge in [0.1, 0.15) is 11.3 Å². The van der Waals surface area contributed by atoms with E-state index in [0.717, 1.165) is 9.88 Å². The second-order valence-corrected chi connectivity index (χ2v) is 4.66. The Balaban J connectivity index is 2.07. The molecule has 0 saturated heterocycles. The van der Waals surface area contributed by atoms with Crippen molar-refractivity contribution in [1.29, 1.82) is 0 Å². The predicted octanol–water partition coefficient (Wildman–Crippen LogP) is 2.30. The number of nitrogens with one attached hydrogen (secondary N) is 1. The molecule has 1 N–H and O–H groups in total. The molecule has 0 spiro atoms. The summed E-state index contributed by atoms with van der Waals surface area (Å²) < 4.78 is 13.5. The highest BCUT2D eigenvalue weighted by Crippen LogP contribution is 2.15. The lowest BCUT2D eigenvalue weighted by Crippen LogP contribution is -2.05. The van der Waals surface area contributed by atoms with Crippen LogP contribution in [0.5, 0.6) is 0 Å². The van der Waals surface area contributed by atoms with E-state index in [9.17, 15) is 4.39 Å². The van der Waals surface area contributed by atoms with Crippen LogP contribution in [0.3, 0.4) is 0 Å². The number of halogens is 1. The van der Waals surface area contributed by atoms with Gasteiger partial charge in [-0.1, -0.05) is 0 Å². The van der Waals surface area contributed by atoms with Crippen LogP contribution in [0.1, 0.15) is 15.6 Å². The van der Waals surface area contributed by atoms with Gasteiger partial charge in [-0.15, -0.1) is 11.3 Å². The van der Waals surface area contributed by atoms with E-state index in [4.69, 9.17) is 0 Å². The highest BCUT2D eigenvalue weighted by Gasteiger charge is 2.07. The quantitative estimate of drug-likeness (QED) is 0.891. The van der Waals surface area contributed by atoms with Crippen LogP contribution in [0.2, 0.25) is 0 Å². The molecule has 0 unspecified atom stereocenters. The summed E-state index contributed by atoms with van der Waals surface area (Å²) in [4.78, 5) is 12.9. The molecule has 84 valence electrons. The third kappa shape index (κ3) is 2.33. The van der Waals surface area contributed by atoms with Crippen LogP contribution in [0, 0.1) is 19.7 Å². The summed E-state index contributed by atoms with van der Waals surface area (Å²) in [5, 5.41) is 3.82. The Morgan fingerprint density at radius 2 is 2.12 bits per heavy atom. The molecule has 2 rings (SSSR count). The van der Waals surface area contributed by atoms with Crippen molar-refractivity contribution in [3.8, 4) is 0 Å². The fourth-order valence-electron chi connectivity index (χ4n) is 1.22. The van der Waals surface area contributed by atoms with Crippen molar-refractivity contribution in [1.82, 2.24) is 15.0 Å². The molecular formula is C10H11FN4S. The minimum atomic E-state index is -0.407. The zero-order chi connectivity index (χ0) is 11.5. The number of thiazole rings is 1. The van der Waals surface area contributed by atoms with Gasteiger partial charge in [0.05, 0.1) is 12.2 Å². The third-order valence-corrected chi connectivity index (χ3v) is 2.95. The minimum absolute atomic E-state index is 0.223. The number of aromatic nitrogens is 3. The number of anilines is 1. The van der Waals surface area contributed by atoms with Crippen LogP contribution in [0.25, 0.3) is 0 Å². The zero-order valence-corrected chi connectivity index (χ0v) is 9.81. The first-order valence-corrected chi connectivity index (χ1v) is 5.60. The van der Waals surface area contributed by atoms with E-state index in [1.54, 1.807) is 24.5 Å². The molecule has 0 aliphatic heterocycles. The molecule has 4 nitrogen and oxygen atoms in total. The zero-order valence-electron chi connectivity index (χ0n) is 8.99. The lowest BCUT2D eigenvalue weighted by molar-refractivity contribution is 0.604. The van der Waals surface area contributed by atoms with E-state index in [0.29, 0.717) is 12.2 Å². The van der Waals surface area contributed by atoms with Crippen molar-refractivity contribution >= 4 is 17.2 Å². The maximum atomic E-state index is 13.5. The average Bonchev–Trinajstić information content (AvgIpc) is 2.67. The Kier molecular flexibility index (Phi) is 3.09. The van der Waals surface area contributed by atoms with Crippen LogP contribution in [-0.2, 0) is 6.54 Å². The summed E-state index contributed by atoms with van der Waals surface area (Å²) >= 11 is 1.58. The lowest BCUT2D eigenvalue weighted by Gasteiger charge is -2.05. The number of aryl methyl sites for hydroxylation is 2. The maximum Gasteiger partial charge on any atom is 0.186 e. The first-order chi connectivity index (χ1) is 7.66. The van der Waals surface area contributed by atoms with Crippen LogP contribution in [-0.4, -0.2) is 15.0 Å². The average molecular weight is 238 g/mol. The van der Waals surface area contributed by atoms with E-state index >= 15 is 0 Å². The first-order valence-electron chi connectivity index (χ1n) is 4.79. The fourth-order valence-corrected chi connectivity index (χ4v) is 1.95. The standard InChI is InChI=1S/C10H11FN4S/c1-6-3-12-8(16-6)4-13-10-9(11)7(2)14-5-15-10/h3,5H,4H2,1-2H3,(H,13,14,15). The molecule has 0 aliphatic rings. The van der Waals surface area contributed by atoms with Gasteiger partial charge >= 0.3 is 0 Å². The van der Waals surface area contributed by atoms with Gasteiger partial charge in [-0.25, -0.2) is 19.3 Å². The molecule has 0 saturated carbocycles. The van der Waals surface area contributed by atoms with Gasteiger partial charge in [0, 0.05) is 11.1 Å². The summed E-state index contributed by atoms with van der Waals surface area (Å²) in [6, 6.07) is 0. The van der Waals surface area contributed by atoms with Gasteiger partial charge in [0.15, 0.2) is 11.6 Å². The van der Waals surface area contributed by atoms with E-state index in [-0.39, 0.29) is 5.82 Å². The van der Waals surface area contributed by atoms with Crippen LogP contribution in [0.4, 0.5) is 10.2 Å². The van der Waals surface area contributed by atoms with Gasteiger partial charge < -0.3 is 5.32 Å². The smallest absolute Gasteiger partial charge is 0.186 e. The number of hydrogen-bond donors (Lipinski definition) is 1. The SMILES string of the molecule is Cc1cnc(CNc2ncnc(C)c2F)s1. The Morgan fingerprint density at radius 1 is 1.31 bits per heavy atom. The molecule has 0 amide bonds. The summed E-state index contributed by atoms with van der Waals surface area (Å²) in [6.45, 7) is 4.07. The predicted molar refractivity (Wildman–Crippen MR) is 60.9 cm³/mol. The Labute approximate surface area is 96.6 Å². The van der Waals surface area contributed by atoms with Crippen molar-refractivity contribution in [2.24, 2.45) is 0 Å². The number of nitrogens with zero attached hydrogens (tertiary/aromatic N) is 3. The largest absolute Gasteiger partial charge is 0.361 e. The number of hydrogen-bond acceptors (Lipinski definition) is 5. The molecule has 2 aromatic heterocycles. The molecule has 6 heteroatoms. The van der Waals surface area contributed by atoms with Crippen molar-refractivity contribution < 1.29 is 4.39 Å². The highest BCUT2D eigenvalue weighted by atomic mass is 32.1. The minimum Gasteiger partial charge on any atom is -0.361 e. The topological polar surface area (TPSA) is 50.7 Å². The van der Waals surface area contributed by atoms with Crippen molar-refractivity contribution in [2.75, 3.05) is 5.32 Å². The molecule has 0 fully saturated rings. The van der Waals surface area contributed by atoms with Gasteiger partial charge in [-0.2, -0.15) is 0 Å². The van der Waals surface area contributed by atoms with Gasteiger partial charge in [0.25, 0.3) is 0 Å². The van der Waals surface area contributed by atoms with E-state index in [1.165, 1.54) is 6.33 Å². The van der Waals surface area contributed by atoms with E-state index in [1.807, 2.05) is 6.92 Å². The number of rotatable bonds is 3. The molecule has 0 aliphatic carbocycles. The van der Waals surface area contributed by atoms with Crippen LogP contribution < -0.4 is 5.32 Å². The highest BCUT2D eigenvalue weighted by molar-refractivity contribution is 7.11. The van der Waals surface area contributed by atoms with Gasteiger partial charge in [-0.05, 0) is 13.8 Å². The Bertz CT molecular complexity index is 497. The van der Waals surface area contributed by atoms with Gasteiger partial charge in [0.2, 0.25) is 0 Å². The molecule has 0 radical (unpaired) electrons. The molecule has 2 heterocycles. The molecule has 0 bridgehead atoms. The monoisotopic (exact) mass is 238 g/mol. The summed E-state index contributed by atoms with van der Waals surface area (Å²) in [7, 11) is 0. The third-order valence-electron chi connectivity index (χ3n) is 2.04. The molecule has 2 aromatic rings. The summed E-state index contributed by atoms with van der Waals surface area (Å²) in [5.74, 6) is -0.184. The normalized spacial score (nSPS) is 10.4. The molecule has 0 aromatic carbocycles. The van der Waals surface area contributed by atoms with E-state index < -0.39 is 5.82 Å². The lowest BCUT2D eigenvalue weighted by atomic mass is 10.4. The van der Waals surface area contributed by atoms with Crippen molar-refractivity contribution in [3.63, 3.8) is 0 Å². The molecule has 0 atom stereocenters. The molecule has 16 heavy (non-hydrogen) atoms. The van der Waals surface area contributed by atoms with Crippen molar-refractivity contribution in [3.05, 3.63) is 33.9 Å². The second-order valence-electron chi connectivity index (χ2n) is 3.34. The maximum absolute atomic E-state index is 13.5. The summed E-state index contributed by atoms with van der Waals surface area (Å²) in [5.41, 5.74) is 0.341. The first kappa shape index (κ1) is 10.9. The van der Waals surface area contributed by atoms with Crippen LogP contribution in [0.15, 0.2) is 12.5 Å². The Hall–Kier alpha value is -1.56. The van der Waals surface area contributed by atoms with Gasteiger partial charge in [-0.3, -0.25) is 0 Å². The Morgan fingerprint density at radius 3 is 2.81 bits per heavy atom. The van der Waals surface area contributed by atoms with Crippen molar-refractivity contribution in [2.45, 2.75) is 20.4 Å². The second kappa shape index (κ2) is 4.52. The van der Waals surface area contributed by atoms with E-state index in [2.05, 4.69) is 20.3 Å². The fraction of sp³-hybridized carbons (Fsp3) is 0.300. The molecular weight excluding hydrogens is 227 g/mol. The summed E-state index contributed by atoms with van der Waals surface area (Å²) in [6.07, 6.45) is 3.14.